The molecule has 3 amide bonds. The summed E-state index contributed by atoms with van der Waals surface area (Å²) in [5, 5.41) is 9.23. The van der Waals surface area contributed by atoms with Gasteiger partial charge in [0.05, 0.1) is 6.54 Å². The maximum atomic E-state index is 11.5. The number of guanidine groups is 1. The molecule has 138 valence electrons. The van der Waals surface area contributed by atoms with E-state index in [1.54, 1.807) is 18.8 Å². The van der Waals surface area contributed by atoms with Gasteiger partial charge in [0.1, 0.15) is 0 Å². The first-order chi connectivity index (χ1) is 11.6. The van der Waals surface area contributed by atoms with E-state index >= 15 is 0 Å². The molecule has 2 rings (SSSR count). The van der Waals surface area contributed by atoms with Crippen molar-refractivity contribution in [3.8, 4) is 0 Å². The standard InChI is InChI=1S/C16H23N5O2S.HI/c1-12(24-13-6-4-3-5-7-13)10-19-15(17-2)18-8-9-21-14(22)11-20-16(21)23;/h3-7,12H,8-11H2,1-2H3,(H,20,23)(H2,17,18,19);1H. The molecule has 1 aliphatic rings. The molecule has 0 radical (unpaired) electrons. The van der Waals surface area contributed by atoms with E-state index < -0.39 is 0 Å². The molecule has 0 saturated carbocycles. The van der Waals surface area contributed by atoms with E-state index in [4.69, 9.17) is 0 Å². The van der Waals surface area contributed by atoms with Crippen LogP contribution in [0.1, 0.15) is 6.92 Å². The first-order valence-corrected chi connectivity index (χ1v) is 8.72. The van der Waals surface area contributed by atoms with Crippen LogP contribution in [0.25, 0.3) is 0 Å². The van der Waals surface area contributed by atoms with Gasteiger partial charge in [-0.25, -0.2) is 4.79 Å². The minimum Gasteiger partial charge on any atom is -0.355 e. The minimum absolute atomic E-state index is 0. The van der Waals surface area contributed by atoms with E-state index in [1.165, 1.54) is 9.80 Å². The van der Waals surface area contributed by atoms with Crippen LogP contribution in [-0.4, -0.2) is 61.3 Å². The Morgan fingerprint density at radius 3 is 2.64 bits per heavy atom. The minimum atomic E-state index is -0.336. The number of nitrogens with one attached hydrogen (secondary N) is 3. The molecule has 9 heteroatoms. The fourth-order valence-electron chi connectivity index (χ4n) is 2.20. The van der Waals surface area contributed by atoms with Gasteiger partial charge in [0, 0.05) is 36.8 Å². The Balaban J connectivity index is 0.00000312. The highest BCUT2D eigenvalue weighted by Crippen LogP contribution is 2.21. The van der Waals surface area contributed by atoms with E-state index in [-0.39, 0.29) is 42.5 Å². The third-order valence-corrected chi connectivity index (χ3v) is 4.54. The van der Waals surface area contributed by atoms with Gasteiger partial charge in [-0.05, 0) is 12.1 Å². The summed E-state index contributed by atoms with van der Waals surface area (Å²) >= 11 is 1.79. The van der Waals surface area contributed by atoms with E-state index in [9.17, 15) is 9.59 Å². The summed E-state index contributed by atoms with van der Waals surface area (Å²) in [6.07, 6.45) is 0. The molecule has 1 aromatic rings. The fraction of sp³-hybridized carbons (Fsp3) is 0.438. The number of thioether (sulfide) groups is 1. The highest BCUT2D eigenvalue weighted by atomic mass is 127. The predicted molar refractivity (Wildman–Crippen MR) is 112 cm³/mol. The Hall–Kier alpha value is -1.49. The lowest BCUT2D eigenvalue weighted by Gasteiger charge is -2.17. The van der Waals surface area contributed by atoms with E-state index in [1.807, 2.05) is 18.2 Å². The summed E-state index contributed by atoms with van der Waals surface area (Å²) in [6.45, 7) is 3.76. The number of hydrogen-bond acceptors (Lipinski definition) is 4. The fourth-order valence-corrected chi connectivity index (χ4v) is 3.15. The molecule has 1 atom stereocenters. The molecule has 1 heterocycles. The number of hydrogen-bond donors (Lipinski definition) is 3. The first-order valence-electron chi connectivity index (χ1n) is 7.84. The molecule has 7 nitrogen and oxygen atoms in total. The molecule has 25 heavy (non-hydrogen) atoms. The maximum absolute atomic E-state index is 11.5. The summed E-state index contributed by atoms with van der Waals surface area (Å²) in [5.74, 6) is 0.459. The number of nitrogens with zero attached hydrogens (tertiary/aromatic N) is 2. The van der Waals surface area contributed by atoms with Crippen LogP contribution >= 0.6 is 35.7 Å². The molecule has 0 aliphatic carbocycles. The summed E-state index contributed by atoms with van der Waals surface area (Å²) in [6, 6.07) is 9.90. The van der Waals surface area contributed by atoms with Crippen molar-refractivity contribution in [1.29, 1.82) is 0 Å². The van der Waals surface area contributed by atoms with Gasteiger partial charge in [0.2, 0.25) is 5.91 Å². The summed E-state index contributed by atoms with van der Waals surface area (Å²) in [5.41, 5.74) is 0. The van der Waals surface area contributed by atoms with Crippen LogP contribution in [0.2, 0.25) is 0 Å². The number of carbonyl (C=O) groups is 2. The van der Waals surface area contributed by atoms with Crippen molar-refractivity contribution in [2.24, 2.45) is 4.99 Å². The molecule has 1 fully saturated rings. The number of rotatable bonds is 7. The van der Waals surface area contributed by atoms with E-state index in [0.717, 1.165) is 6.54 Å². The van der Waals surface area contributed by atoms with Gasteiger partial charge in [-0.1, -0.05) is 25.1 Å². The Bertz CT molecular complexity index is 583. The van der Waals surface area contributed by atoms with Gasteiger partial charge in [-0.2, -0.15) is 0 Å². The van der Waals surface area contributed by atoms with Crippen LogP contribution in [0.5, 0.6) is 0 Å². The van der Waals surface area contributed by atoms with Crippen molar-refractivity contribution >= 4 is 53.6 Å². The van der Waals surface area contributed by atoms with Crippen LogP contribution < -0.4 is 16.0 Å². The zero-order valence-electron chi connectivity index (χ0n) is 14.3. The molecular formula is C16H24IN5O2S. The van der Waals surface area contributed by atoms with Crippen molar-refractivity contribution in [3.63, 3.8) is 0 Å². The highest BCUT2D eigenvalue weighted by molar-refractivity contribution is 14.0. The van der Waals surface area contributed by atoms with Crippen molar-refractivity contribution in [2.45, 2.75) is 17.1 Å². The lowest BCUT2D eigenvalue weighted by molar-refractivity contribution is -0.124. The second kappa shape index (κ2) is 11.2. The average Bonchev–Trinajstić information content (AvgIpc) is 2.90. The molecule has 1 saturated heterocycles. The molecule has 0 aromatic heterocycles. The normalized spacial score (nSPS) is 15.4. The number of amides is 3. The third kappa shape index (κ3) is 7.10. The molecule has 3 N–H and O–H groups in total. The third-order valence-electron chi connectivity index (χ3n) is 3.43. The zero-order chi connectivity index (χ0) is 17.4. The smallest absolute Gasteiger partial charge is 0.324 e. The first kappa shape index (κ1) is 21.6. The van der Waals surface area contributed by atoms with E-state index in [0.29, 0.717) is 24.3 Å². The molecule has 1 unspecified atom stereocenters. The van der Waals surface area contributed by atoms with Crippen LogP contribution in [0.15, 0.2) is 40.2 Å². The topological polar surface area (TPSA) is 85.8 Å². The van der Waals surface area contributed by atoms with Gasteiger partial charge in [-0.3, -0.25) is 14.7 Å². The lowest BCUT2D eigenvalue weighted by atomic mass is 10.4. The second-order valence-electron chi connectivity index (χ2n) is 5.33. The number of benzene rings is 1. The zero-order valence-corrected chi connectivity index (χ0v) is 17.5. The van der Waals surface area contributed by atoms with Gasteiger partial charge >= 0.3 is 6.03 Å². The Morgan fingerprint density at radius 1 is 1.32 bits per heavy atom. The van der Waals surface area contributed by atoms with Gasteiger partial charge in [0.25, 0.3) is 0 Å². The summed E-state index contributed by atoms with van der Waals surface area (Å²) in [7, 11) is 1.69. The van der Waals surface area contributed by atoms with Gasteiger partial charge < -0.3 is 16.0 Å². The van der Waals surface area contributed by atoms with Crippen molar-refractivity contribution in [3.05, 3.63) is 30.3 Å². The van der Waals surface area contributed by atoms with Crippen molar-refractivity contribution in [2.75, 3.05) is 33.2 Å². The van der Waals surface area contributed by atoms with Gasteiger partial charge in [0.15, 0.2) is 5.96 Å². The maximum Gasteiger partial charge on any atom is 0.324 e. The highest BCUT2D eigenvalue weighted by Gasteiger charge is 2.27. The molecule has 1 aromatic carbocycles. The Labute approximate surface area is 169 Å². The number of halogens is 1. The summed E-state index contributed by atoms with van der Waals surface area (Å²) < 4.78 is 0. The van der Waals surface area contributed by atoms with Crippen LogP contribution in [-0.2, 0) is 4.79 Å². The molecule has 0 spiro atoms. The SMILES string of the molecule is CN=C(NCCN1C(=O)CNC1=O)NCC(C)Sc1ccccc1.I. The lowest BCUT2D eigenvalue weighted by Crippen LogP contribution is -2.44. The van der Waals surface area contributed by atoms with Crippen LogP contribution in [0, 0.1) is 0 Å². The van der Waals surface area contributed by atoms with Crippen LogP contribution in [0.3, 0.4) is 0 Å². The predicted octanol–water partition coefficient (Wildman–Crippen LogP) is 1.50. The molecule has 0 bridgehead atoms. The average molecular weight is 477 g/mol. The number of imide groups is 1. The Kier molecular flexibility index (Phi) is 9.65. The van der Waals surface area contributed by atoms with E-state index in [2.05, 4.69) is 40.0 Å². The monoisotopic (exact) mass is 477 g/mol. The van der Waals surface area contributed by atoms with Crippen LogP contribution in [0.4, 0.5) is 4.79 Å². The quantitative estimate of drug-likeness (QED) is 0.182. The number of urea groups is 1. The largest absolute Gasteiger partial charge is 0.355 e. The second-order valence-corrected chi connectivity index (χ2v) is 6.84. The summed E-state index contributed by atoms with van der Waals surface area (Å²) in [4.78, 5) is 29.5. The number of aliphatic imine (C=N–C) groups is 1. The van der Waals surface area contributed by atoms with Crippen molar-refractivity contribution < 1.29 is 9.59 Å². The molecule has 1 aliphatic heterocycles. The number of carbonyl (C=O) groups excluding carboxylic acids is 2. The molecular weight excluding hydrogens is 453 g/mol. The van der Waals surface area contributed by atoms with Gasteiger partial charge in [-0.15, -0.1) is 35.7 Å². The Morgan fingerprint density at radius 2 is 2.04 bits per heavy atom. The van der Waals surface area contributed by atoms with Crippen molar-refractivity contribution in [1.82, 2.24) is 20.9 Å².